The number of benzene rings is 2. The molecule has 0 aliphatic heterocycles. The Hall–Kier alpha value is -4.23. The van der Waals surface area contributed by atoms with Crippen molar-refractivity contribution in [1.29, 1.82) is 0 Å². The Morgan fingerprint density at radius 1 is 1.14 bits per heavy atom. The molecule has 0 spiro atoms. The molecule has 2 aromatic heterocycles. The van der Waals surface area contributed by atoms with Crippen LogP contribution >= 0.6 is 11.6 Å². The zero-order chi connectivity index (χ0) is 25.3. The maximum Gasteiger partial charge on any atom is 0.427 e. The van der Waals surface area contributed by atoms with E-state index < -0.39 is 20.9 Å². The van der Waals surface area contributed by atoms with E-state index in [1.165, 1.54) is 60.3 Å². The summed E-state index contributed by atoms with van der Waals surface area (Å²) in [5.41, 5.74) is 0.275. The van der Waals surface area contributed by atoms with E-state index in [2.05, 4.69) is 10.1 Å². The van der Waals surface area contributed by atoms with Crippen molar-refractivity contribution in [3.05, 3.63) is 75.9 Å². The maximum atomic E-state index is 13.3. The average Bonchev–Trinajstić information content (AvgIpc) is 3.21. The molecule has 12 nitrogen and oxygen atoms in total. The van der Waals surface area contributed by atoms with Crippen LogP contribution in [0.5, 0.6) is 11.5 Å². The molecule has 0 saturated carbocycles. The SMILES string of the molecule is COc1cc(S(C)(=O)=O)ccc1N(C(=O)Oc1ccc([N+](=O)[O-])cc1)c1nc2ccc(Cl)cn2n1. The Balaban J connectivity index is 1.81. The second kappa shape index (κ2) is 9.19. The van der Waals surface area contributed by atoms with Crippen LogP contribution in [0.15, 0.2) is 65.7 Å². The predicted molar refractivity (Wildman–Crippen MR) is 125 cm³/mol. The van der Waals surface area contributed by atoms with Crippen LogP contribution in [0.1, 0.15) is 0 Å². The smallest absolute Gasteiger partial charge is 0.427 e. The van der Waals surface area contributed by atoms with E-state index in [9.17, 15) is 23.3 Å². The summed E-state index contributed by atoms with van der Waals surface area (Å²) in [5.74, 6) is -0.0702. The van der Waals surface area contributed by atoms with E-state index in [0.29, 0.717) is 10.7 Å². The summed E-state index contributed by atoms with van der Waals surface area (Å²) < 4.78 is 36.1. The number of pyridine rings is 1. The molecular weight excluding hydrogens is 502 g/mol. The van der Waals surface area contributed by atoms with Crippen LogP contribution in [-0.4, -0.2) is 47.4 Å². The standard InChI is InChI=1S/C21H16ClN5O7S/c1-33-18-11-16(35(2,31)32)8-9-17(18)26(20-23-19-10-3-13(22)12-25(19)24-20)21(28)34-15-6-4-14(5-7-15)27(29)30/h3-12H,1-2H3. The number of rotatable bonds is 6. The molecule has 0 atom stereocenters. The van der Waals surface area contributed by atoms with Crippen molar-refractivity contribution >= 4 is 50.5 Å². The molecule has 4 rings (SSSR count). The van der Waals surface area contributed by atoms with Gasteiger partial charge in [0.2, 0.25) is 0 Å². The van der Waals surface area contributed by atoms with Crippen LogP contribution in [0.3, 0.4) is 0 Å². The van der Waals surface area contributed by atoms with Gasteiger partial charge in [-0.2, -0.15) is 4.98 Å². The molecule has 2 heterocycles. The van der Waals surface area contributed by atoms with Crippen LogP contribution in [0.4, 0.5) is 22.1 Å². The van der Waals surface area contributed by atoms with Crippen molar-refractivity contribution in [3.63, 3.8) is 0 Å². The first-order chi connectivity index (χ1) is 16.6. The number of nitro benzene ring substituents is 1. The first kappa shape index (κ1) is 23.9. The molecule has 0 aliphatic rings. The third kappa shape index (κ3) is 5.00. The summed E-state index contributed by atoms with van der Waals surface area (Å²) in [4.78, 5) is 28.9. The van der Waals surface area contributed by atoms with Gasteiger partial charge in [0, 0.05) is 30.7 Å². The lowest BCUT2D eigenvalue weighted by atomic mass is 10.2. The number of fused-ring (bicyclic) bond motifs is 1. The van der Waals surface area contributed by atoms with E-state index >= 15 is 0 Å². The van der Waals surface area contributed by atoms with Gasteiger partial charge >= 0.3 is 6.09 Å². The topological polar surface area (TPSA) is 146 Å². The molecule has 0 N–H and O–H groups in total. The van der Waals surface area contributed by atoms with E-state index in [1.54, 1.807) is 12.1 Å². The molecule has 180 valence electrons. The minimum atomic E-state index is -3.57. The van der Waals surface area contributed by atoms with Crippen molar-refractivity contribution in [2.75, 3.05) is 18.3 Å². The fourth-order valence-electron chi connectivity index (χ4n) is 3.08. The Bertz CT molecular complexity index is 1550. The maximum absolute atomic E-state index is 13.3. The van der Waals surface area contributed by atoms with E-state index in [1.807, 2.05) is 0 Å². The lowest BCUT2D eigenvalue weighted by molar-refractivity contribution is -0.384. The number of aromatic nitrogens is 3. The minimum Gasteiger partial charge on any atom is -0.495 e. The highest BCUT2D eigenvalue weighted by Crippen LogP contribution is 2.35. The highest BCUT2D eigenvalue weighted by molar-refractivity contribution is 7.90. The van der Waals surface area contributed by atoms with Gasteiger partial charge in [-0.25, -0.2) is 22.6 Å². The van der Waals surface area contributed by atoms with Gasteiger partial charge in [0.05, 0.1) is 27.6 Å². The quantitative estimate of drug-likeness (QED) is 0.273. The van der Waals surface area contributed by atoms with Crippen molar-refractivity contribution in [2.45, 2.75) is 4.90 Å². The summed E-state index contributed by atoms with van der Waals surface area (Å²) in [6.07, 6.45) is 1.54. The lowest BCUT2D eigenvalue weighted by Crippen LogP contribution is -2.30. The van der Waals surface area contributed by atoms with Crippen LogP contribution < -0.4 is 14.4 Å². The Morgan fingerprint density at radius 3 is 2.49 bits per heavy atom. The number of ether oxygens (including phenoxy) is 2. The molecule has 1 amide bonds. The molecule has 2 aromatic carbocycles. The minimum absolute atomic E-state index is 0.0177. The van der Waals surface area contributed by atoms with Gasteiger partial charge in [-0.05, 0) is 36.4 Å². The number of nitro groups is 1. The van der Waals surface area contributed by atoms with Gasteiger partial charge in [0.1, 0.15) is 11.5 Å². The average molecular weight is 518 g/mol. The highest BCUT2D eigenvalue weighted by Gasteiger charge is 2.28. The third-order valence-corrected chi connectivity index (χ3v) is 6.07. The normalized spacial score (nSPS) is 11.3. The molecule has 14 heteroatoms. The fourth-order valence-corrected chi connectivity index (χ4v) is 3.88. The van der Waals surface area contributed by atoms with Crippen LogP contribution in [-0.2, 0) is 9.84 Å². The number of carbonyl (C=O) groups excluding carboxylic acids is 1. The molecule has 0 radical (unpaired) electrons. The summed E-state index contributed by atoms with van der Waals surface area (Å²) >= 11 is 6.02. The van der Waals surface area contributed by atoms with Gasteiger partial charge in [0.25, 0.3) is 11.6 Å². The summed E-state index contributed by atoms with van der Waals surface area (Å²) in [7, 11) is -2.26. The van der Waals surface area contributed by atoms with E-state index in [4.69, 9.17) is 21.1 Å². The number of halogens is 1. The number of nitrogens with zero attached hydrogens (tertiary/aromatic N) is 5. The molecule has 4 aromatic rings. The number of hydrogen-bond donors (Lipinski definition) is 0. The molecule has 0 unspecified atom stereocenters. The molecule has 0 fully saturated rings. The summed E-state index contributed by atoms with van der Waals surface area (Å²) in [6.45, 7) is 0. The van der Waals surface area contributed by atoms with Gasteiger partial charge in [0.15, 0.2) is 15.5 Å². The summed E-state index contributed by atoms with van der Waals surface area (Å²) in [6, 6.07) is 12.0. The Labute approximate surface area is 203 Å². The number of sulfone groups is 1. The first-order valence-corrected chi connectivity index (χ1v) is 12.0. The van der Waals surface area contributed by atoms with E-state index in [-0.39, 0.29) is 33.7 Å². The van der Waals surface area contributed by atoms with Crippen LogP contribution in [0.25, 0.3) is 5.65 Å². The number of carbonyl (C=O) groups is 1. The molecule has 0 saturated heterocycles. The molecule has 0 bridgehead atoms. The number of hydrogen-bond acceptors (Lipinski definition) is 9. The van der Waals surface area contributed by atoms with E-state index in [0.717, 1.165) is 11.2 Å². The van der Waals surface area contributed by atoms with Crippen molar-refractivity contribution in [3.8, 4) is 11.5 Å². The zero-order valence-corrected chi connectivity index (χ0v) is 19.7. The molecular formula is C21H16ClN5O7S. The fraction of sp³-hybridized carbons (Fsp3) is 0.0952. The predicted octanol–water partition coefficient (Wildman–Crippen LogP) is 4.04. The first-order valence-electron chi connectivity index (χ1n) is 9.73. The van der Waals surface area contributed by atoms with Gasteiger partial charge in [-0.3, -0.25) is 10.1 Å². The van der Waals surface area contributed by atoms with Gasteiger partial charge in [-0.1, -0.05) is 11.6 Å². The van der Waals surface area contributed by atoms with Gasteiger partial charge in [-0.15, -0.1) is 5.10 Å². The third-order valence-electron chi connectivity index (χ3n) is 4.74. The second-order valence-electron chi connectivity index (χ2n) is 7.12. The number of non-ortho nitro benzene ring substituents is 1. The monoisotopic (exact) mass is 517 g/mol. The Morgan fingerprint density at radius 2 is 1.86 bits per heavy atom. The largest absolute Gasteiger partial charge is 0.495 e. The highest BCUT2D eigenvalue weighted by atomic mass is 35.5. The number of methoxy groups -OCH3 is 1. The van der Waals surface area contributed by atoms with Crippen molar-refractivity contribution in [2.24, 2.45) is 0 Å². The summed E-state index contributed by atoms with van der Waals surface area (Å²) in [5, 5.41) is 15.6. The molecule has 0 aliphatic carbocycles. The Kier molecular flexibility index (Phi) is 6.28. The van der Waals surface area contributed by atoms with Crippen molar-refractivity contribution in [1.82, 2.24) is 14.6 Å². The second-order valence-corrected chi connectivity index (χ2v) is 9.57. The number of amides is 1. The van der Waals surface area contributed by atoms with Crippen LogP contribution in [0, 0.1) is 10.1 Å². The van der Waals surface area contributed by atoms with Gasteiger partial charge < -0.3 is 9.47 Å². The van der Waals surface area contributed by atoms with Crippen LogP contribution in [0.2, 0.25) is 5.02 Å². The zero-order valence-electron chi connectivity index (χ0n) is 18.2. The molecule has 35 heavy (non-hydrogen) atoms. The lowest BCUT2D eigenvalue weighted by Gasteiger charge is -2.21. The number of anilines is 2. The van der Waals surface area contributed by atoms with Crippen molar-refractivity contribution < 1.29 is 27.6 Å².